The van der Waals surface area contributed by atoms with Crippen molar-refractivity contribution in [2.45, 2.75) is 46.3 Å². The van der Waals surface area contributed by atoms with E-state index in [9.17, 15) is 0 Å². The molecule has 0 amide bonds. The number of nitriles is 1. The van der Waals surface area contributed by atoms with E-state index in [0.29, 0.717) is 12.1 Å². The first kappa shape index (κ1) is 12.7. The molecular formula is C14H20N2. The molecule has 0 aliphatic carbocycles. The van der Waals surface area contributed by atoms with Crippen LogP contribution < -0.4 is 0 Å². The summed E-state index contributed by atoms with van der Waals surface area (Å²) in [6.45, 7) is 9.79. The summed E-state index contributed by atoms with van der Waals surface area (Å²) in [5.74, 6) is 0. The highest BCUT2D eigenvalue weighted by Gasteiger charge is 2.13. The quantitative estimate of drug-likeness (QED) is 0.773. The van der Waals surface area contributed by atoms with Crippen molar-refractivity contribution in [3.8, 4) is 6.07 Å². The summed E-state index contributed by atoms with van der Waals surface area (Å²) in [5, 5.41) is 8.73. The van der Waals surface area contributed by atoms with Crippen LogP contribution in [0.3, 0.4) is 0 Å². The van der Waals surface area contributed by atoms with Crippen LogP contribution >= 0.6 is 0 Å². The maximum atomic E-state index is 8.73. The molecule has 0 N–H and O–H groups in total. The molecule has 1 aromatic carbocycles. The zero-order chi connectivity index (χ0) is 12.1. The van der Waals surface area contributed by atoms with E-state index in [1.807, 2.05) is 24.3 Å². The molecule has 0 bridgehead atoms. The van der Waals surface area contributed by atoms with Gasteiger partial charge >= 0.3 is 0 Å². The van der Waals surface area contributed by atoms with Crippen LogP contribution in [0.2, 0.25) is 0 Å². The number of rotatable bonds is 4. The molecule has 0 heterocycles. The molecule has 2 heteroatoms. The molecule has 0 aliphatic rings. The highest BCUT2D eigenvalue weighted by Crippen LogP contribution is 2.12. The highest BCUT2D eigenvalue weighted by molar-refractivity contribution is 5.31. The predicted molar refractivity (Wildman–Crippen MR) is 67.0 cm³/mol. The van der Waals surface area contributed by atoms with E-state index < -0.39 is 0 Å². The first-order valence-corrected chi connectivity index (χ1v) is 5.79. The lowest BCUT2D eigenvalue weighted by Crippen LogP contribution is -2.36. The molecule has 0 unspecified atom stereocenters. The summed E-state index contributed by atoms with van der Waals surface area (Å²) in [6, 6.07) is 11.1. The molecule has 0 saturated heterocycles. The average Bonchev–Trinajstić information content (AvgIpc) is 2.25. The van der Waals surface area contributed by atoms with Crippen LogP contribution in [0.1, 0.15) is 38.8 Å². The molecule has 86 valence electrons. The molecule has 0 aliphatic heterocycles. The predicted octanol–water partition coefficient (Wildman–Crippen LogP) is 3.18. The van der Waals surface area contributed by atoms with E-state index in [2.05, 4.69) is 38.7 Å². The Hall–Kier alpha value is -1.33. The highest BCUT2D eigenvalue weighted by atomic mass is 15.2. The van der Waals surface area contributed by atoms with Gasteiger partial charge in [-0.1, -0.05) is 12.1 Å². The Morgan fingerprint density at radius 1 is 1.06 bits per heavy atom. The van der Waals surface area contributed by atoms with Gasteiger partial charge in [0.25, 0.3) is 0 Å². The maximum Gasteiger partial charge on any atom is 0.0991 e. The zero-order valence-electron chi connectivity index (χ0n) is 10.6. The van der Waals surface area contributed by atoms with Crippen molar-refractivity contribution in [3.63, 3.8) is 0 Å². The number of hydrogen-bond donors (Lipinski definition) is 0. The minimum atomic E-state index is 0.538. The van der Waals surface area contributed by atoms with Crippen molar-refractivity contribution in [1.29, 1.82) is 5.26 Å². The van der Waals surface area contributed by atoms with Gasteiger partial charge in [-0.05, 0) is 45.4 Å². The molecule has 0 aromatic heterocycles. The van der Waals surface area contributed by atoms with E-state index in [1.165, 1.54) is 5.56 Å². The Balaban J connectivity index is 2.75. The van der Waals surface area contributed by atoms with Gasteiger partial charge in [0.2, 0.25) is 0 Å². The van der Waals surface area contributed by atoms with Crippen LogP contribution in [-0.4, -0.2) is 17.0 Å². The molecule has 0 spiro atoms. The summed E-state index contributed by atoms with van der Waals surface area (Å²) in [6.07, 6.45) is 0. The number of nitrogens with zero attached hydrogens (tertiary/aromatic N) is 2. The van der Waals surface area contributed by atoms with Crippen molar-refractivity contribution < 1.29 is 0 Å². The van der Waals surface area contributed by atoms with Gasteiger partial charge in [-0.2, -0.15) is 5.26 Å². The normalized spacial score (nSPS) is 11.1. The van der Waals surface area contributed by atoms with Crippen LogP contribution in [0.4, 0.5) is 0 Å². The lowest BCUT2D eigenvalue weighted by atomic mass is 10.1. The van der Waals surface area contributed by atoms with Crippen molar-refractivity contribution in [2.24, 2.45) is 0 Å². The summed E-state index contributed by atoms with van der Waals surface area (Å²) in [4.78, 5) is 2.43. The Morgan fingerprint density at radius 2 is 1.56 bits per heavy atom. The third kappa shape index (κ3) is 3.36. The number of benzene rings is 1. The Morgan fingerprint density at radius 3 is 1.94 bits per heavy atom. The fraction of sp³-hybridized carbons (Fsp3) is 0.500. The molecule has 1 rings (SSSR count). The van der Waals surface area contributed by atoms with Gasteiger partial charge in [0.05, 0.1) is 11.6 Å². The minimum absolute atomic E-state index is 0.538. The fourth-order valence-corrected chi connectivity index (χ4v) is 1.86. The Labute approximate surface area is 98.5 Å². The first-order chi connectivity index (χ1) is 7.54. The van der Waals surface area contributed by atoms with Crippen molar-refractivity contribution in [1.82, 2.24) is 4.90 Å². The topological polar surface area (TPSA) is 27.0 Å². The van der Waals surface area contributed by atoms with Gasteiger partial charge in [0, 0.05) is 18.6 Å². The average molecular weight is 216 g/mol. The molecule has 1 aromatic rings. The second-order valence-electron chi connectivity index (χ2n) is 4.67. The molecule has 2 nitrogen and oxygen atoms in total. The van der Waals surface area contributed by atoms with E-state index >= 15 is 0 Å². The maximum absolute atomic E-state index is 8.73. The second-order valence-corrected chi connectivity index (χ2v) is 4.67. The second kappa shape index (κ2) is 5.67. The SMILES string of the molecule is CC(C)N(Cc1ccc(C#N)cc1)C(C)C. The smallest absolute Gasteiger partial charge is 0.0991 e. The zero-order valence-corrected chi connectivity index (χ0v) is 10.6. The summed E-state index contributed by atoms with van der Waals surface area (Å²) < 4.78 is 0. The summed E-state index contributed by atoms with van der Waals surface area (Å²) >= 11 is 0. The third-order valence-electron chi connectivity index (χ3n) is 2.77. The van der Waals surface area contributed by atoms with Crippen molar-refractivity contribution in [3.05, 3.63) is 35.4 Å². The van der Waals surface area contributed by atoms with Crippen LogP contribution in [0.5, 0.6) is 0 Å². The van der Waals surface area contributed by atoms with Gasteiger partial charge in [0.15, 0.2) is 0 Å². The monoisotopic (exact) mass is 216 g/mol. The van der Waals surface area contributed by atoms with E-state index in [0.717, 1.165) is 12.1 Å². The van der Waals surface area contributed by atoms with Gasteiger partial charge < -0.3 is 0 Å². The number of hydrogen-bond acceptors (Lipinski definition) is 2. The molecule has 0 fully saturated rings. The lowest BCUT2D eigenvalue weighted by Gasteiger charge is -2.30. The van der Waals surface area contributed by atoms with Crippen molar-refractivity contribution >= 4 is 0 Å². The van der Waals surface area contributed by atoms with Gasteiger partial charge in [-0.15, -0.1) is 0 Å². The third-order valence-corrected chi connectivity index (χ3v) is 2.77. The van der Waals surface area contributed by atoms with E-state index in [1.54, 1.807) is 0 Å². The molecular weight excluding hydrogens is 196 g/mol. The standard InChI is InChI=1S/C14H20N2/c1-11(2)16(12(3)4)10-14-7-5-13(9-15)6-8-14/h5-8,11-12H,10H2,1-4H3. The molecule has 0 atom stereocenters. The summed E-state index contributed by atoms with van der Waals surface area (Å²) in [7, 11) is 0. The Kier molecular flexibility index (Phi) is 4.52. The van der Waals surface area contributed by atoms with Gasteiger partial charge in [-0.25, -0.2) is 0 Å². The largest absolute Gasteiger partial charge is 0.294 e. The van der Waals surface area contributed by atoms with E-state index in [4.69, 9.17) is 5.26 Å². The van der Waals surface area contributed by atoms with Crippen LogP contribution in [0, 0.1) is 11.3 Å². The van der Waals surface area contributed by atoms with Crippen LogP contribution in [-0.2, 0) is 6.54 Å². The first-order valence-electron chi connectivity index (χ1n) is 5.79. The molecule has 16 heavy (non-hydrogen) atoms. The van der Waals surface area contributed by atoms with Gasteiger partial charge in [-0.3, -0.25) is 4.90 Å². The lowest BCUT2D eigenvalue weighted by molar-refractivity contribution is 0.166. The molecule has 0 saturated carbocycles. The summed E-state index contributed by atoms with van der Waals surface area (Å²) in [5.41, 5.74) is 1.99. The fourth-order valence-electron chi connectivity index (χ4n) is 1.86. The minimum Gasteiger partial charge on any atom is -0.294 e. The van der Waals surface area contributed by atoms with Crippen LogP contribution in [0.25, 0.3) is 0 Å². The van der Waals surface area contributed by atoms with Crippen molar-refractivity contribution in [2.75, 3.05) is 0 Å². The van der Waals surface area contributed by atoms with Gasteiger partial charge in [0.1, 0.15) is 0 Å². The van der Waals surface area contributed by atoms with Crippen LogP contribution in [0.15, 0.2) is 24.3 Å². The Bertz CT molecular complexity index is 349. The van der Waals surface area contributed by atoms with E-state index in [-0.39, 0.29) is 0 Å². The molecule has 0 radical (unpaired) electrons.